The number of likely N-dealkylation sites (tertiary alicyclic amines) is 1. The molecular formula is C25H35N5O6. The van der Waals surface area contributed by atoms with Crippen LogP contribution in [0.5, 0.6) is 5.75 Å². The molecule has 1 aliphatic rings. The Bertz CT molecular complexity index is 1030. The Balaban J connectivity index is 1.98. The highest BCUT2D eigenvalue weighted by Crippen LogP contribution is 2.36. The van der Waals surface area contributed by atoms with E-state index in [4.69, 9.17) is 20.9 Å². The number of carbonyl (C=O) groups is 2. The van der Waals surface area contributed by atoms with Gasteiger partial charge in [0.2, 0.25) is 5.91 Å². The smallest absolute Gasteiger partial charge is 0.410 e. The van der Waals surface area contributed by atoms with Crippen molar-refractivity contribution >= 4 is 23.4 Å². The molecular weight excluding hydrogens is 466 g/mol. The van der Waals surface area contributed by atoms with Gasteiger partial charge in [0.05, 0.1) is 4.92 Å². The van der Waals surface area contributed by atoms with E-state index in [1.807, 2.05) is 20.8 Å². The third-order valence-electron chi connectivity index (χ3n) is 5.34. The Morgan fingerprint density at radius 2 is 1.94 bits per heavy atom. The average molecular weight is 502 g/mol. The Labute approximate surface area is 211 Å². The molecule has 11 nitrogen and oxygen atoms in total. The molecule has 0 bridgehead atoms. The third-order valence-corrected chi connectivity index (χ3v) is 5.34. The number of amides is 2. The molecule has 2 rings (SSSR count). The molecule has 36 heavy (non-hydrogen) atoms. The number of hydrogen-bond donors (Lipinski definition) is 3. The maximum atomic E-state index is 12.2. The van der Waals surface area contributed by atoms with Crippen LogP contribution in [0.2, 0.25) is 0 Å². The van der Waals surface area contributed by atoms with Crippen LogP contribution in [-0.2, 0) is 4.74 Å². The molecule has 196 valence electrons. The normalized spacial score (nSPS) is 14.2. The molecule has 0 unspecified atom stereocenters. The first kappa shape index (κ1) is 28.5. The van der Waals surface area contributed by atoms with E-state index in [1.54, 1.807) is 17.1 Å². The van der Waals surface area contributed by atoms with Crippen molar-refractivity contribution in [1.82, 2.24) is 4.90 Å². The lowest BCUT2D eigenvalue weighted by Crippen LogP contribution is -2.41. The third kappa shape index (κ3) is 9.11. The van der Waals surface area contributed by atoms with Gasteiger partial charge in [0.1, 0.15) is 12.2 Å². The van der Waals surface area contributed by atoms with Gasteiger partial charge in [-0.05, 0) is 45.6 Å². The van der Waals surface area contributed by atoms with E-state index in [-0.39, 0.29) is 41.9 Å². The number of nitrogens with two attached hydrogens (primary N) is 2. The summed E-state index contributed by atoms with van der Waals surface area (Å²) in [5.74, 6) is 5.66. The topological polar surface area (TPSA) is 163 Å². The highest BCUT2D eigenvalue weighted by molar-refractivity contribution is 5.95. The van der Waals surface area contributed by atoms with Crippen molar-refractivity contribution in [3.05, 3.63) is 40.0 Å². The molecule has 1 saturated heterocycles. The summed E-state index contributed by atoms with van der Waals surface area (Å²) in [6.07, 6.45) is 5.43. The number of nitrogens with one attached hydrogen (secondary N) is 1. The molecule has 0 spiro atoms. The van der Waals surface area contributed by atoms with E-state index >= 15 is 0 Å². The molecule has 0 radical (unpaired) electrons. The second-order valence-electron chi connectivity index (χ2n) is 9.33. The summed E-state index contributed by atoms with van der Waals surface area (Å²) < 4.78 is 11.1. The fraction of sp³-hybridized carbons (Fsp3) is 0.520. The first-order valence-electron chi connectivity index (χ1n) is 11.8. The number of carbonyl (C=O) groups excluding carboxylic acids is 2. The van der Waals surface area contributed by atoms with Gasteiger partial charge >= 0.3 is 6.09 Å². The second-order valence-corrected chi connectivity index (χ2v) is 9.33. The Morgan fingerprint density at radius 1 is 1.25 bits per heavy atom. The number of primary amides is 1. The van der Waals surface area contributed by atoms with Gasteiger partial charge in [-0.15, -0.1) is 0 Å². The van der Waals surface area contributed by atoms with Crippen molar-refractivity contribution in [2.75, 3.05) is 38.1 Å². The first-order chi connectivity index (χ1) is 17.0. The number of ether oxygens (including phenoxy) is 2. The zero-order chi connectivity index (χ0) is 26.7. The number of nitrogens with zero attached hydrogens (tertiary/aromatic N) is 2. The minimum Gasteiger partial charge on any atom is -0.478 e. The van der Waals surface area contributed by atoms with E-state index in [9.17, 15) is 19.7 Å². The molecule has 5 N–H and O–H groups in total. The lowest BCUT2D eigenvalue weighted by Gasteiger charge is -2.32. The van der Waals surface area contributed by atoms with Crippen molar-refractivity contribution in [2.45, 2.75) is 45.6 Å². The summed E-state index contributed by atoms with van der Waals surface area (Å²) in [5.41, 5.74) is 10.0. The van der Waals surface area contributed by atoms with Gasteiger partial charge in [0.15, 0.2) is 11.4 Å². The molecule has 1 aromatic carbocycles. The van der Waals surface area contributed by atoms with Crippen LogP contribution in [0.4, 0.5) is 16.2 Å². The lowest BCUT2D eigenvalue weighted by molar-refractivity contribution is -0.384. The number of anilines is 1. The number of nitro groups is 1. The van der Waals surface area contributed by atoms with Gasteiger partial charge in [-0.3, -0.25) is 14.9 Å². The molecule has 0 saturated carbocycles. The van der Waals surface area contributed by atoms with Crippen LogP contribution >= 0.6 is 0 Å². The minimum absolute atomic E-state index is 0.0244. The SMILES string of the molecule is CC(C)(C)OC(=O)N1CCC(CC#CCOc2cc(C(N)=O)cc([N+](=O)[O-])c2NC/C=C/CN)CC1. The Kier molecular flexibility index (Phi) is 10.5. The van der Waals surface area contributed by atoms with Crippen molar-refractivity contribution in [3.63, 3.8) is 0 Å². The van der Waals surface area contributed by atoms with E-state index in [2.05, 4.69) is 17.2 Å². The van der Waals surface area contributed by atoms with Gasteiger partial charge in [-0.25, -0.2) is 4.79 Å². The number of hydrogen-bond acceptors (Lipinski definition) is 8. The summed E-state index contributed by atoms with van der Waals surface area (Å²) in [4.78, 5) is 36.5. The molecule has 1 fully saturated rings. The number of benzene rings is 1. The summed E-state index contributed by atoms with van der Waals surface area (Å²) in [6.45, 7) is 7.36. The molecule has 0 atom stereocenters. The summed E-state index contributed by atoms with van der Waals surface area (Å²) in [6, 6.07) is 2.47. The van der Waals surface area contributed by atoms with Gasteiger partial charge in [0.25, 0.3) is 5.69 Å². The standard InChI is InChI=1S/C25H35N5O6/c1-25(2,3)36-24(32)29-13-9-18(10-14-29)8-4-7-15-35-21-17-19(23(27)31)16-20(30(33)34)22(21)28-12-6-5-11-26/h5-6,16-18,28H,8-15,26H2,1-3H3,(H2,27,31)/b6-5+. The highest BCUT2D eigenvalue weighted by atomic mass is 16.6. The Morgan fingerprint density at radius 3 is 2.53 bits per heavy atom. The molecule has 1 aromatic rings. The van der Waals surface area contributed by atoms with Gasteiger partial charge < -0.3 is 31.2 Å². The van der Waals surface area contributed by atoms with Crippen LogP contribution in [0.15, 0.2) is 24.3 Å². The van der Waals surface area contributed by atoms with Crippen molar-refractivity contribution in [1.29, 1.82) is 0 Å². The first-order valence-corrected chi connectivity index (χ1v) is 11.8. The van der Waals surface area contributed by atoms with Crippen molar-refractivity contribution in [3.8, 4) is 17.6 Å². The van der Waals surface area contributed by atoms with Crippen LogP contribution < -0.4 is 21.5 Å². The highest BCUT2D eigenvalue weighted by Gasteiger charge is 2.26. The number of piperidine rings is 1. The van der Waals surface area contributed by atoms with Crippen molar-refractivity contribution in [2.24, 2.45) is 17.4 Å². The monoisotopic (exact) mass is 501 g/mol. The molecule has 11 heteroatoms. The molecule has 0 aliphatic carbocycles. The maximum Gasteiger partial charge on any atom is 0.410 e. The summed E-state index contributed by atoms with van der Waals surface area (Å²) >= 11 is 0. The fourth-order valence-corrected chi connectivity index (χ4v) is 3.55. The maximum absolute atomic E-state index is 12.2. The quantitative estimate of drug-likeness (QED) is 0.201. The predicted octanol–water partition coefficient (Wildman–Crippen LogP) is 3.04. The number of rotatable bonds is 9. The van der Waals surface area contributed by atoms with Crippen LogP contribution in [0.3, 0.4) is 0 Å². The second kappa shape index (κ2) is 13.3. The van der Waals surface area contributed by atoms with Crippen LogP contribution in [0.1, 0.15) is 50.4 Å². The minimum atomic E-state index is -0.804. The average Bonchev–Trinajstić information content (AvgIpc) is 2.80. The van der Waals surface area contributed by atoms with Crippen LogP contribution in [0, 0.1) is 27.9 Å². The summed E-state index contributed by atoms with van der Waals surface area (Å²) in [7, 11) is 0. The fourth-order valence-electron chi connectivity index (χ4n) is 3.55. The Hall–Kier alpha value is -3.78. The zero-order valence-corrected chi connectivity index (χ0v) is 21.0. The van der Waals surface area contributed by atoms with Crippen LogP contribution in [0.25, 0.3) is 0 Å². The lowest BCUT2D eigenvalue weighted by atomic mass is 9.94. The van der Waals surface area contributed by atoms with Gasteiger partial charge in [-0.1, -0.05) is 24.0 Å². The predicted molar refractivity (Wildman–Crippen MR) is 137 cm³/mol. The molecule has 1 aliphatic heterocycles. The number of nitro benzene ring substituents is 1. The largest absolute Gasteiger partial charge is 0.478 e. The molecule has 1 heterocycles. The van der Waals surface area contributed by atoms with E-state index in [0.717, 1.165) is 18.9 Å². The molecule has 0 aromatic heterocycles. The van der Waals surface area contributed by atoms with Gasteiger partial charge in [0, 0.05) is 44.2 Å². The van der Waals surface area contributed by atoms with Gasteiger partial charge in [-0.2, -0.15) is 0 Å². The van der Waals surface area contributed by atoms with E-state index in [0.29, 0.717) is 32.0 Å². The summed E-state index contributed by atoms with van der Waals surface area (Å²) in [5, 5.41) is 14.5. The van der Waals surface area contributed by atoms with Crippen LogP contribution in [-0.4, -0.2) is 60.2 Å². The van der Waals surface area contributed by atoms with E-state index < -0.39 is 16.4 Å². The zero-order valence-electron chi connectivity index (χ0n) is 21.0. The van der Waals surface area contributed by atoms with E-state index in [1.165, 1.54) is 6.07 Å². The molecule has 2 amide bonds. The van der Waals surface area contributed by atoms with Crippen molar-refractivity contribution < 1.29 is 24.0 Å².